The number of hydrogen-bond acceptors (Lipinski definition) is 3. The van der Waals surface area contributed by atoms with Crippen molar-refractivity contribution < 1.29 is 13.5 Å². The number of hydrogen-bond donors (Lipinski definition) is 0. The summed E-state index contributed by atoms with van der Waals surface area (Å²) in [6.45, 7) is 1.97. The summed E-state index contributed by atoms with van der Waals surface area (Å²) in [6.07, 6.45) is 0. The van der Waals surface area contributed by atoms with Crippen LogP contribution < -0.4 is 4.74 Å². The van der Waals surface area contributed by atoms with Gasteiger partial charge < -0.3 is 9.29 Å². The highest BCUT2D eigenvalue weighted by molar-refractivity contribution is 7.79. The zero-order valence-corrected chi connectivity index (χ0v) is 10.1. The number of benzene rings is 2. The van der Waals surface area contributed by atoms with E-state index in [1.54, 1.807) is 12.1 Å². The fourth-order valence-corrected chi connectivity index (χ4v) is 1.86. The zero-order chi connectivity index (χ0) is 12.3. The average Bonchev–Trinajstić information content (AvgIpc) is 2.29. The van der Waals surface area contributed by atoms with E-state index >= 15 is 0 Å². The molecule has 0 saturated heterocycles. The molecule has 0 radical (unpaired) electrons. The highest BCUT2D eigenvalue weighted by Gasteiger charge is 1.99. The van der Waals surface area contributed by atoms with Crippen molar-refractivity contribution in [3.8, 4) is 11.5 Å². The minimum absolute atomic E-state index is 0.218. The first-order valence-electron chi connectivity index (χ1n) is 5.09. The Morgan fingerprint density at radius 1 is 1.06 bits per heavy atom. The second-order valence-electron chi connectivity index (χ2n) is 3.63. The molecule has 4 heteroatoms. The Kier molecular flexibility index (Phi) is 3.56. The van der Waals surface area contributed by atoms with E-state index in [0.29, 0.717) is 11.5 Å². The second kappa shape index (κ2) is 5.12. The Hall–Kier alpha value is -1.65. The summed E-state index contributed by atoms with van der Waals surface area (Å²) >= 11 is -2.23. The van der Waals surface area contributed by atoms with E-state index < -0.39 is 11.1 Å². The SMILES string of the molecule is Cc1cccc(Oc2cccc(S(=O)[O-])c2)c1. The molecule has 3 nitrogen and oxygen atoms in total. The Bertz CT molecular complexity index is 552. The number of ether oxygens (including phenoxy) is 1. The molecule has 2 aromatic carbocycles. The van der Waals surface area contributed by atoms with Gasteiger partial charge in [-0.2, -0.15) is 0 Å². The molecule has 2 aromatic rings. The van der Waals surface area contributed by atoms with Gasteiger partial charge in [0.05, 0.1) is 0 Å². The van der Waals surface area contributed by atoms with E-state index in [4.69, 9.17) is 4.74 Å². The highest BCUT2D eigenvalue weighted by Crippen LogP contribution is 2.23. The number of rotatable bonds is 3. The largest absolute Gasteiger partial charge is 0.768 e. The van der Waals surface area contributed by atoms with Crippen LogP contribution in [-0.4, -0.2) is 8.76 Å². The van der Waals surface area contributed by atoms with Gasteiger partial charge in [-0.15, -0.1) is 0 Å². The molecule has 1 atom stereocenters. The van der Waals surface area contributed by atoms with Crippen LogP contribution in [0, 0.1) is 6.92 Å². The van der Waals surface area contributed by atoms with E-state index in [0.717, 1.165) is 5.56 Å². The van der Waals surface area contributed by atoms with Gasteiger partial charge in [0.2, 0.25) is 0 Å². The summed E-state index contributed by atoms with van der Waals surface area (Å²) in [7, 11) is 0. The Morgan fingerprint density at radius 3 is 2.35 bits per heavy atom. The number of aryl methyl sites for hydroxylation is 1. The molecule has 0 aromatic heterocycles. The summed E-state index contributed by atoms with van der Waals surface area (Å²) in [6, 6.07) is 14.0. The van der Waals surface area contributed by atoms with E-state index in [2.05, 4.69) is 0 Å². The predicted molar refractivity (Wildman–Crippen MR) is 64.9 cm³/mol. The summed E-state index contributed by atoms with van der Waals surface area (Å²) in [5.41, 5.74) is 1.09. The lowest BCUT2D eigenvalue weighted by atomic mass is 10.2. The summed E-state index contributed by atoms with van der Waals surface area (Å²) in [4.78, 5) is 0.218. The maximum atomic E-state index is 10.8. The minimum atomic E-state index is -2.23. The van der Waals surface area contributed by atoms with Crippen LogP contribution in [0.25, 0.3) is 0 Å². The van der Waals surface area contributed by atoms with Crippen molar-refractivity contribution in [3.63, 3.8) is 0 Å². The van der Waals surface area contributed by atoms with Crippen molar-refractivity contribution in [2.24, 2.45) is 0 Å². The van der Waals surface area contributed by atoms with Crippen LogP contribution in [-0.2, 0) is 11.1 Å². The molecule has 0 N–H and O–H groups in total. The Labute approximate surface area is 102 Å². The lowest BCUT2D eigenvalue weighted by molar-refractivity contribution is 0.479. The second-order valence-corrected chi connectivity index (χ2v) is 4.57. The van der Waals surface area contributed by atoms with Crippen LogP contribution in [0.4, 0.5) is 0 Å². The highest BCUT2D eigenvalue weighted by atomic mass is 32.2. The summed E-state index contributed by atoms with van der Waals surface area (Å²) in [5, 5.41) is 0. The first-order chi connectivity index (χ1) is 8.15. The van der Waals surface area contributed by atoms with Crippen LogP contribution in [0.15, 0.2) is 53.4 Å². The van der Waals surface area contributed by atoms with Gasteiger partial charge >= 0.3 is 0 Å². The molecule has 0 spiro atoms. The topological polar surface area (TPSA) is 49.4 Å². The molecule has 88 valence electrons. The summed E-state index contributed by atoms with van der Waals surface area (Å²) in [5.74, 6) is 1.20. The first-order valence-corrected chi connectivity index (χ1v) is 6.16. The van der Waals surface area contributed by atoms with E-state index in [1.165, 1.54) is 12.1 Å². The van der Waals surface area contributed by atoms with Gasteiger partial charge in [-0.1, -0.05) is 18.2 Å². The third kappa shape index (κ3) is 3.15. The lowest BCUT2D eigenvalue weighted by Crippen LogP contribution is -1.90. The standard InChI is InChI=1S/C13H12O3S/c1-10-4-2-5-11(8-10)16-12-6-3-7-13(9-12)17(14)15/h2-9H,1H3,(H,14,15)/p-1. The van der Waals surface area contributed by atoms with Gasteiger partial charge in [0.25, 0.3) is 0 Å². The van der Waals surface area contributed by atoms with Gasteiger partial charge in [-0.3, -0.25) is 4.21 Å². The van der Waals surface area contributed by atoms with E-state index in [-0.39, 0.29) is 4.90 Å². The lowest BCUT2D eigenvalue weighted by Gasteiger charge is -2.09. The molecule has 1 unspecified atom stereocenters. The summed E-state index contributed by atoms with van der Waals surface area (Å²) < 4.78 is 27.2. The predicted octanol–water partition coefficient (Wildman–Crippen LogP) is 3.03. The Morgan fingerprint density at radius 2 is 1.71 bits per heavy atom. The van der Waals surface area contributed by atoms with Gasteiger partial charge in [0.15, 0.2) is 0 Å². The third-order valence-electron chi connectivity index (χ3n) is 2.22. The fourth-order valence-electron chi connectivity index (χ4n) is 1.46. The maximum Gasteiger partial charge on any atom is 0.128 e. The molecular formula is C13H11O3S-. The molecule has 0 amide bonds. The molecule has 0 heterocycles. The quantitative estimate of drug-likeness (QED) is 0.783. The molecular weight excluding hydrogens is 236 g/mol. The van der Waals surface area contributed by atoms with E-state index in [1.807, 2.05) is 31.2 Å². The first kappa shape index (κ1) is 11.8. The van der Waals surface area contributed by atoms with Crippen LogP contribution in [0.5, 0.6) is 11.5 Å². The third-order valence-corrected chi connectivity index (χ3v) is 2.86. The maximum absolute atomic E-state index is 10.8. The normalized spacial score (nSPS) is 12.1. The van der Waals surface area contributed by atoms with Crippen molar-refractivity contribution in [2.75, 3.05) is 0 Å². The fraction of sp³-hybridized carbons (Fsp3) is 0.0769. The minimum Gasteiger partial charge on any atom is -0.768 e. The van der Waals surface area contributed by atoms with Crippen LogP contribution >= 0.6 is 0 Å². The average molecular weight is 247 g/mol. The molecule has 0 aliphatic carbocycles. The van der Waals surface area contributed by atoms with Crippen molar-refractivity contribution >= 4 is 11.1 Å². The van der Waals surface area contributed by atoms with Crippen molar-refractivity contribution in [2.45, 2.75) is 11.8 Å². The van der Waals surface area contributed by atoms with Crippen LogP contribution in [0.3, 0.4) is 0 Å². The molecule has 2 rings (SSSR count). The van der Waals surface area contributed by atoms with Gasteiger partial charge in [0.1, 0.15) is 11.5 Å². The Balaban J connectivity index is 2.24. The van der Waals surface area contributed by atoms with Crippen LogP contribution in [0.1, 0.15) is 5.56 Å². The molecule has 0 saturated carbocycles. The molecule has 0 bridgehead atoms. The van der Waals surface area contributed by atoms with Gasteiger partial charge in [0, 0.05) is 4.90 Å². The van der Waals surface area contributed by atoms with E-state index in [9.17, 15) is 8.76 Å². The van der Waals surface area contributed by atoms with Crippen LogP contribution in [0.2, 0.25) is 0 Å². The monoisotopic (exact) mass is 247 g/mol. The molecule has 17 heavy (non-hydrogen) atoms. The van der Waals surface area contributed by atoms with Gasteiger partial charge in [-0.25, -0.2) is 0 Å². The smallest absolute Gasteiger partial charge is 0.128 e. The van der Waals surface area contributed by atoms with Crippen molar-refractivity contribution in [1.29, 1.82) is 0 Å². The molecule has 0 aliphatic heterocycles. The van der Waals surface area contributed by atoms with Gasteiger partial charge in [-0.05, 0) is 53.9 Å². The zero-order valence-electron chi connectivity index (χ0n) is 9.25. The van der Waals surface area contributed by atoms with Crippen molar-refractivity contribution in [1.82, 2.24) is 0 Å². The molecule has 0 aliphatic rings. The molecule has 0 fully saturated rings. The van der Waals surface area contributed by atoms with Crippen molar-refractivity contribution in [3.05, 3.63) is 54.1 Å².